The zero-order valence-corrected chi connectivity index (χ0v) is 8.97. The van der Waals surface area contributed by atoms with E-state index >= 15 is 0 Å². The van der Waals surface area contributed by atoms with E-state index in [2.05, 4.69) is 5.32 Å². The molecule has 0 fully saturated rings. The van der Waals surface area contributed by atoms with Gasteiger partial charge in [-0.1, -0.05) is 12.1 Å². The van der Waals surface area contributed by atoms with Crippen molar-refractivity contribution in [1.82, 2.24) is 0 Å². The molecule has 0 bridgehead atoms. The molecule has 0 heterocycles. The second-order valence-corrected chi connectivity index (χ2v) is 3.55. The summed E-state index contributed by atoms with van der Waals surface area (Å²) in [6.07, 6.45) is 1.92. The van der Waals surface area contributed by atoms with Crippen LogP contribution < -0.4 is 5.32 Å². The van der Waals surface area contributed by atoms with E-state index in [9.17, 15) is 4.79 Å². The fraction of sp³-hybridized carbons (Fsp3) is 0.364. The average Bonchev–Trinajstić information content (AvgIpc) is 2.14. The zero-order valence-electron chi connectivity index (χ0n) is 8.22. The highest BCUT2D eigenvalue weighted by molar-refractivity contribution is 6.17. The highest BCUT2D eigenvalue weighted by Crippen LogP contribution is 2.12. The number of hydrogen-bond donors (Lipinski definition) is 1. The molecule has 0 spiro atoms. The molecule has 0 unspecified atom stereocenters. The molecule has 0 radical (unpaired) electrons. The van der Waals surface area contributed by atoms with Gasteiger partial charge in [-0.3, -0.25) is 4.79 Å². The number of anilines is 1. The first-order chi connectivity index (χ1) is 6.72. The standard InChI is InChI=1S/C11H14ClNO/c1-9(14)13-11-6-2-4-10(8-11)5-3-7-12/h2,4,6,8H,3,5,7H2,1H3,(H,13,14). The summed E-state index contributed by atoms with van der Waals surface area (Å²) in [5, 5.41) is 2.75. The van der Waals surface area contributed by atoms with Crippen LogP contribution >= 0.6 is 11.6 Å². The van der Waals surface area contributed by atoms with Gasteiger partial charge in [-0.05, 0) is 30.5 Å². The predicted octanol–water partition coefficient (Wildman–Crippen LogP) is 2.82. The number of hydrogen-bond acceptors (Lipinski definition) is 1. The van der Waals surface area contributed by atoms with Crippen LogP contribution in [0.15, 0.2) is 24.3 Å². The van der Waals surface area contributed by atoms with Crippen molar-refractivity contribution < 1.29 is 4.79 Å². The fourth-order valence-electron chi connectivity index (χ4n) is 1.28. The lowest BCUT2D eigenvalue weighted by Gasteiger charge is -2.04. The van der Waals surface area contributed by atoms with E-state index in [4.69, 9.17) is 11.6 Å². The lowest BCUT2D eigenvalue weighted by molar-refractivity contribution is -0.114. The Morgan fingerprint density at radius 2 is 2.29 bits per heavy atom. The fourth-order valence-corrected chi connectivity index (χ4v) is 1.41. The van der Waals surface area contributed by atoms with Crippen LogP contribution in [-0.2, 0) is 11.2 Å². The second kappa shape index (κ2) is 5.66. The van der Waals surface area contributed by atoms with Gasteiger partial charge in [0.1, 0.15) is 0 Å². The number of carbonyl (C=O) groups excluding carboxylic acids is 1. The summed E-state index contributed by atoms with van der Waals surface area (Å²) in [6, 6.07) is 7.84. The third-order valence-electron chi connectivity index (χ3n) is 1.85. The quantitative estimate of drug-likeness (QED) is 0.763. The minimum Gasteiger partial charge on any atom is -0.326 e. The van der Waals surface area contributed by atoms with Gasteiger partial charge in [0, 0.05) is 18.5 Å². The molecule has 76 valence electrons. The highest BCUT2D eigenvalue weighted by atomic mass is 35.5. The summed E-state index contributed by atoms with van der Waals surface area (Å²) in [5.41, 5.74) is 2.06. The number of nitrogens with one attached hydrogen (secondary N) is 1. The Balaban J connectivity index is 2.63. The van der Waals surface area contributed by atoms with Crippen LogP contribution in [0.4, 0.5) is 5.69 Å². The van der Waals surface area contributed by atoms with Gasteiger partial charge in [-0.15, -0.1) is 11.6 Å². The lowest BCUT2D eigenvalue weighted by Crippen LogP contribution is -2.05. The van der Waals surface area contributed by atoms with Crippen LogP contribution in [0.25, 0.3) is 0 Å². The normalized spacial score (nSPS) is 9.86. The van der Waals surface area contributed by atoms with Crippen LogP contribution in [0.2, 0.25) is 0 Å². The summed E-state index contributed by atoms with van der Waals surface area (Å²) >= 11 is 5.61. The molecule has 0 atom stereocenters. The van der Waals surface area contributed by atoms with Crippen molar-refractivity contribution in [2.24, 2.45) is 0 Å². The Hall–Kier alpha value is -1.02. The van der Waals surface area contributed by atoms with Gasteiger partial charge in [0.15, 0.2) is 0 Å². The Morgan fingerprint density at radius 3 is 2.93 bits per heavy atom. The first-order valence-corrected chi connectivity index (χ1v) is 5.18. The molecule has 14 heavy (non-hydrogen) atoms. The van der Waals surface area contributed by atoms with E-state index < -0.39 is 0 Å². The molecule has 0 aromatic heterocycles. The summed E-state index contributed by atoms with van der Waals surface area (Å²) < 4.78 is 0. The Bertz CT molecular complexity index is 312. The molecule has 0 saturated carbocycles. The van der Waals surface area contributed by atoms with E-state index in [0.717, 1.165) is 18.5 Å². The number of halogens is 1. The number of alkyl halides is 1. The SMILES string of the molecule is CC(=O)Nc1cccc(CCCCl)c1. The molecule has 0 aliphatic rings. The van der Waals surface area contributed by atoms with Gasteiger partial charge in [0.2, 0.25) is 5.91 Å². The van der Waals surface area contributed by atoms with Crippen LogP contribution in [0, 0.1) is 0 Å². The predicted molar refractivity (Wildman–Crippen MR) is 59.8 cm³/mol. The third-order valence-corrected chi connectivity index (χ3v) is 2.11. The first kappa shape index (κ1) is 11.1. The number of benzene rings is 1. The molecule has 1 amide bonds. The number of amides is 1. The number of rotatable bonds is 4. The Labute approximate surface area is 89.3 Å². The van der Waals surface area contributed by atoms with Gasteiger partial charge in [-0.2, -0.15) is 0 Å². The van der Waals surface area contributed by atoms with Crippen molar-refractivity contribution in [3.05, 3.63) is 29.8 Å². The minimum absolute atomic E-state index is 0.0421. The molecular weight excluding hydrogens is 198 g/mol. The van der Waals surface area contributed by atoms with Gasteiger partial charge < -0.3 is 5.32 Å². The monoisotopic (exact) mass is 211 g/mol. The zero-order chi connectivity index (χ0) is 10.4. The molecule has 0 aliphatic heterocycles. The second-order valence-electron chi connectivity index (χ2n) is 3.17. The van der Waals surface area contributed by atoms with Gasteiger partial charge >= 0.3 is 0 Å². The smallest absolute Gasteiger partial charge is 0.221 e. The van der Waals surface area contributed by atoms with Gasteiger partial charge in [0.25, 0.3) is 0 Å². The molecule has 3 heteroatoms. The summed E-state index contributed by atoms with van der Waals surface area (Å²) in [7, 11) is 0. The van der Waals surface area contributed by atoms with Gasteiger partial charge in [-0.25, -0.2) is 0 Å². The molecule has 1 aromatic rings. The van der Waals surface area contributed by atoms with Crippen molar-refractivity contribution in [1.29, 1.82) is 0 Å². The lowest BCUT2D eigenvalue weighted by atomic mass is 10.1. The molecule has 1 N–H and O–H groups in total. The maximum Gasteiger partial charge on any atom is 0.221 e. The van der Waals surface area contributed by atoms with E-state index in [0.29, 0.717) is 5.88 Å². The molecule has 1 aromatic carbocycles. The number of aryl methyl sites for hydroxylation is 1. The van der Waals surface area contributed by atoms with E-state index in [1.54, 1.807) is 0 Å². The van der Waals surface area contributed by atoms with Crippen LogP contribution in [0.5, 0.6) is 0 Å². The van der Waals surface area contributed by atoms with Crippen molar-refractivity contribution in [2.45, 2.75) is 19.8 Å². The van der Waals surface area contributed by atoms with Gasteiger partial charge in [0.05, 0.1) is 0 Å². The highest BCUT2D eigenvalue weighted by Gasteiger charge is 1.97. The van der Waals surface area contributed by atoms with Crippen molar-refractivity contribution >= 4 is 23.2 Å². The summed E-state index contributed by atoms with van der Waals surface area (Å²) in [5.74, 6) is 0.629. The number of carbonyl (C=O) groups is 1. The van der Waals surface area contributed by atoms with E-state index in [1.165, 1.54) is 12.5 Å². The van der Waals surface area contributed by atoms with Crippen molar-refractivity contribution in [3.8, 4) is 0 Å². The molecule has 1 rings (SSSR count). The van der Waals surface area contributed by atoms with E-state index in [-0.39, 0.29) is 5.91 Å². The van der Waals surface area contributed by atoms with Crippen LogP contribution in [0.3, 0.4) is 0 Å². The topological polar surface area (TPSA) is 29.1 Å². The maximum absolute atomic E-state index is 10.8. The Morgan fingerprint density at radius 1 is 1.50 bits per heavy atom. The first-order valence-electron chi connectivity index (χ1n) is 4.65. The minimum atomic E-state index is -0.0421. The van der Waals surface area contributed by atoms with Crippen LogP contribution in [0.1, 0.15) is 18.9 Å². The summed E-state index contributed by atoms with van der Waals surface area (Å²) in [4.78, 5) is 10.8. The molecule has 0 aliphatic carbocycles. The average molecular weight is 212 g/mol. The largest absolute Gasteiger partial charge is 0.326 e. The van der Waals surface area contributed by atoms with Crippen molar-refractivity contribution in [2.75, 3.05) is 11.2 Å². The Kier molecular flexibility index (Phi) is 4.47. The van der Waals surface area contributed by atoms with E-state index in [1.807, 2.05) is 24.3 Å². The third kappa shape index (κ3) is 3.79. The molecule has 0 saturated heterocycles. The van der Waals surface area contributed by atoms with Crippen LogP contribution in [-0.4, -0.2) is 11.8 Å². The molecular formula is C11H14ClNO. The summed E-state index contributed by atoms with van der Waals surface area (Å²) in [6.45, 7) is 1.51. The van der Waals surface area contributed by atoms with Crippen molar-refractivity contribution in [3.63, 3.8) is 0 Å². The molecule has 2 nitrogen and oxygen atoms in total. The maximum atomic E-state index is 10.8.